The molecule has 0 fully saturated rings. The number of rotatable bonds is 12. The number of unbranched alkanes of at least 4 members (excludes halogenated alkanes) is 5. The zero-order chi connectivity index (χ0) is 20.2. The van der Waals surface area contributed by atoms with Crippen LogP contribution in [0.5, 0.6) is 11.6 Å². The van der Waals surface area contributed by atoms with Gasteiger partial charge in [0, 0.05) is 17.8 Å². The Morgan fingerprint density at radius 3 is 2.14 bits per heavy atom. The van der Waals surface area contributed by atoms with Gasteiger partial charge in [0.2, 0.25) is 5.88 Å². The summed E-state index contributed by atoms with van der Waals surface area (Å²) in [6.07, 6.45) is 9.46. The van der Waals surface area contributed by atoms with E-state index in [0.717, 1.165) is 35.5 Å². The lowest BCUT2D eigenvalue weighted by atomic mass is 10.1. The minimum Gasteiger partial charge on any atom is -0.489 e. The second-order valence-electron chi connectivity index (χ2n) is 7.30. The summed E-state index contributed by atoms with van der Waals surface area (Å²) in [5.41, 5.74) is 3.36. The van der Waals surface area contributed by atoms with Gasteiger partial charge in [-0.15, -0.1) is 0 Å². The van der Waals surface area contributed by atoms with Gasteiger partial charge in [-0.05, 0) is 35.7 Å². The molecule has 0 saturated carbocycles. The number of benzene rings is 2. The highest BCUT2D eigenvalue weighted by Gasteiger charge is 2.02. The molecule has 0 aliphatic rings. The van der Waals surface area contributed by atoms with Crippen molar-refractivity contribution in [3.05, 3.63) is 78.5 Å². The Labute approximate surface area is 174 Å². The molecule has 0 unspecified atom stereocenters. The van der Waals surface area contributed by atoms with E-state index in [-0.39, 0.29) is 0 Å². The largest absolute Gasteiger partial charge is 0.489 e. The Kier molecular flexibility index (Phi) is 8.58. The van der Waals surface area contributed by atoms with Crippen molar-refractivity contribution in [1.82, 2.24) is 4.98 Å². The third kappa shape index (κ3) is 7.26. The molecule has 29 heavy (non-hydrogen) atoms. The van der Waals surface area contributed by atoms with E-state index in [1.165, 1.54) is 32.1 Å². The monoisotopic (exact) mass is 389 g/mol. The molecule has 0 N–H and O–H groups in total. The first-order chi connectivity index (χ1) is 14.3. The second-order valence-corrected chi connectivity index (χ2v) is 7.30. The van der Waals surface area contributed by atoms with Gasteiger partial charge >= 0.3 is 0 Å². The van der Waals surface area contributed by atoms with Crippen LogP contribution in [0.3, 0.4) is 0 Å². The predicted molar refractivity (Wildman–Crippen MR) is 119 cm³/mol. The number of ether oxygens (including phenoxy) is 2. The Morgan fingerprint density at radius 1 is 0.690 bits per heavy atom. The third-order valence-electron chi connectivity index (χ3n) is 4.92. The van der Waals surface area contributed by atoms with Crippen LogP contribution in [0.25, 0.3) is 11.1 Å². The van der Waals surface area contributed by atoms with Crippen molar-refractivity contribution in [3.8, 4) is 22.8 Å². The van der Waals surface area contributed by atoms with Gasteiger partial charge in [0.25, 0.3) is 0 Å². The smallest absolute Gasteiger partial charge is 0.213 e. The summed E-state index contributed by atoms with van der Waals surface area (Å²) in [5, 5.41) is 0. The van der Waals surface area contributed by atoms with Gasteiger partial charge in [0.15, 0.2) is 0 Å². The van der Waals surface area contributed by atoms with Gasteiger partial charge in [-0.3, -0.25) is 0 Å². The van der Waals surface area contributed by atoms with Crippen molar-refractivity contribution >= 4 is 0 Å². The summed E-state index contributed by atoms with van der Waals surface area (Å²) in [6.45, 7) is 3.56. The van der Waals surface area contributed by atoms with Gasteiger partial charge in [-0.1, -0.05) is 81.5 Å². The van der Waals surface area contributed by atoms with Crippen LogP contribution in [0.4, 0.5) is 0 Å². The summed E-state index contributed by atoms with van der Waals surface area (Å²) in [4.78, 5) is 4.45. The number of nitrogens with zero attached hydrogens (tertiary/aromatic N) is 1. The van der Waals surface area contributed by atoms with Crippen molar-refractivity contribution in [3.63, 3.8) is 0 Å². The van der Waals surface area contributed by atoms with Crippen molar-refractivity contribution in [2.45, 2.75) is 52.1 Å². The van der Waals surface area contributed by atoms with E-state index in [4.69, 9.17) is 9.47 Å². The van der Waals surface area contributed by atoms with Crippen LogP contribution in [0, 0.1) is 0 Å². The van der Waals surface area contributed by atoms with Crippen LogP contribution in [0.1, 0.15) is 51.0 Å². The van der Waals surface area contributed by atoms with Gasteiger partial charge in [0.05, 0.1) is 6.61 Å². The Balaban J connectivity index is 1.43. The molecule has 3 rings (SSSR count). The zero-order valence-electron chi connectivity index (χ0n) is 17.3. The molecular weight excluding hydrogens is 358 g/mol. The van der Waals surface area contributed by atoms with Gasteiger partial charge in [0.1, 0.15) is 12.4 Å². The Bertz CT molecular complexity index is 814. The van der Waals surface area contributed by atoms with Gasteiger partial charge in [-0.2, -0.15) is 0 Å². The molecule has 0 radical (unpaired) electrons. The minimum absolute atomic E-state index is 0.576. The van der Waals surface area contributed by atoms with Crippen LogP contribution in [0.15, 0.2) is 72.9 Å². The van der Waals surface area contributed by atoms with E-state index in [0.29, 0.717) is 12.5 Å². The summed E-state index contributed by atoms with van der Waals surface area (Å²) < 4.78 is 11.6. The van der Waals surface area contributed by atoms with E-state index in [2.05, 4.69) is 42.2 Å². The van der Waals surface area contributed by atoms with E-state index >= 15 is 0 Å². The van der Waals surface area contributed by atoms with Crippen molar-refractivity contribution in [2.75, 3.05) is 6.61 Å². The summed E-state index contributed by atoms with van der Waals surface area (Å²) in [5.74, 6) is 1.56. The fraction of sp³-hybridized carbons (Fsp3) is 0.346. The molecule has 3 heteroatoms. The zero-order valence-corrected chi connectivity index (χ0v) is 17.3. The van der Waals surface area contributed by atoms with E-state index in [9.17, 15) is 0 Å². The fourth-order valence-corrected chi connectivity index (χ4v) is 3.18. The molecule has 3 aromatic rings. The average molecular weight is 390 g/mol. The maximum Gasteiger partial charge on any atom is 0.213 e. The number of aromatic nitrogens is 1. The quantitative estimate of drug-likeness (QED) is 0.311. The Morgan fingerprint density at radius 2 is 1.41 bits per heavy atom. The minimum atomic E-state index is 0.576. The number of hydrogen-bond acceptors (Lipinski definition) is 3. The average Bonchev–Trinajstić information content (AvgIpc) is 2.79. The van der Waals surface area contributed by atoms with Crippen molar-refractivity contribution < 1.29 is 9.47 Å². The molecule has 2 aromatic carbocycles. The predicted octanol–water partition coefficient (Wildman–Crippen LogP) is 7.07. The molecule has 0 bridgehead atoms. The lowest BCUT2D eigenvalue weighted by Gasteiger charge is -2.08. The molecule has 1 aromatic heterocycles. The van der Waals surface area contributed by atoms with Crippen LogP contribution in [-0.4, -0.2) is 11.6 Å². The topological polar surface area (TPSA) is 31.4 Å². The number of pyridine rings is 1. The molecule has 0 aliphatic heterocycles. The second kappa shape index (κ2) is 11.9. The summed E-state index contributed by atoms with van der Waals surface area (Å²) in [7, 11) is 0. The molecule has 0 spiro atoms. The summed E-state index contributed by atoms with van der Waals surface area (Å²) in [6, 6.07) is 22.3. The van der Waals surface area contributed by atoms with E-state index < -0.39 is 0 Å². The fourth-order valence-electron chi connectivity index (χ4n) is 3.18. The maximum atomic E-state index is 5.85. The van der Waals surface area contributed by atoms with Crippen LogP contribution in [-0.2, 0) is 6.61 Å². The van der Waals surface area contributed by atoms with Crippen LogP contribution in [0.2, 0.25) is 0 Å². The molecule has 0 atom stereocenters. The highest BCUT2D eigenvalue weighted by Crippen LogP contribution is 2.23. The Hall–Kier alpha value is -2.81. The maximum absolute atomic E-state index is 5.85. The SMILES string of the molecule is CCCCCCCCOc1ccc(-c2ccc(OCc3ccccc3)cc2)cn1. The van der Waals surface area contributed by atoms with Gasteiger partial charge < -0.3 is 9.47 Å². The first-order valence-corrected chi connectivity index (χ1v) is 10.7. The molecule has 152 valence electrons. The van der Waals surface area contributed by atoms with Gasteiger partial charge in [-0.25, -0.2) is 4.98 Å². The number of hydrogen-bond donors (Lipinski definition) is 0. The first kappa shape index (κ1) is 20.9. The van der Waals surface area contributed by atoms with E-state index in [1.54, 1.807) is 0 Å². The molecule has 0 saturated heterocycles. The molecule has 3 nitrogen and oxygen atoms in total. The molecule has 0 amide bonds. The summed E-state index contributed by atoms with van der Waals surface area (Å²) >= 11 is 0. The van der Waals surface area contributed by atoms with E-state index in [1.807, 2.05) is 42.6 Å². The molecule has 1 heterocycles. The van der Waals surface area contributed by atoms with Crippen molar-refractivity contribution in [1.29, 1.82) is 0 Å². The normalized spacial score (nSPS) is 10.7. The highest BCUT2D eigenvalue weighted by molar-refractivity contribution is 5.63. The lowest BCUT2D eigenvalue weighted by Crippen LogP contribution is -1.99. The van der Waals surface area contributed by atoms with Crippen LogP contribution < -0.4 is 9.47 Å². The third-order valence-corrected chi connectivity index (χ3v) is 4.92. The lowest BCUT2D eigenvalue weighted by molar-refractivity contribution is 0.293. The first-order valence-electron chi connectivity index (χ1n) is 10.7. The van der Waals surface area contributed by atoms with Crippen molar-refractivity contribution in [2.24, 2.45) is 0 Å². The highest BCUT2D eigenvalue weighted by atomic mass is 16.5. The standard InChI is InChI=1S/C26H31NO2/c1-2-3-4-5-6-10-19-28-26-18-15-24(20-27-26)23-13-16-25(17-14-23)29-21-22-11-8-7-9-12-22/h7-9,11-18,20H,2-6,10,19,21H2,1H3. The molecular formula is C26H31NO2. The molecule has 0 aliphatic carbocycles. The van der Waals surface area contributed by atoms with Crippen LogP contribution >= 0.6 is 0 Å².